The Labute approximate surface area is 122 Å². The summed E-state index contributed by atoms with van der Waals surface area (Å²) < 4.78 is 0. The fraction of sp³-hybridized carbons (Fsp3) is 0.647. The van der Waals surface area contributed by atoms with Crippen LogP contribution in [0.3, 0.4) is 0 Å². The lowest BCUT2D eigenvalue weighted by Gasteiger charge is -2.14. The third-order valence-corrected chi connectivity index (χ3v) is 4.75. The van der Waals surface area contributed by atoms with Gasteiger partial charge >= 0.3 is 0 Å². The molecule has 1 aliphatic rings. The molecule has 0 heterocycles. The number of rotatable bonds is 6. The Bertz CT molecular complexity index is 373. The zero-order chi connectivity index (χ0) is 13.7. The molecule has 1 saturated carbocycles. The Balaban J connectivity index is 1.90. The lowest BCUT2D eigenvalue weighted by molar-refractivity contribution is 0.163. The largest absolute Gasteiger partial charge is 0.388 e. The molecule has 0 bridgehead atoms. The van der Waals surface area contributed by atoms with Gasteiger partial charge in [0.25, 0.3) is 0 Å². The van der Waals surface area contributed by atoms with Gasteiger partial charge in [0.05, 0.1) is 6.10 Å². The van der Waals surface area contributed by atoms with Gasteiger partial charge in [-0.1, -0.05) is 50.5 Å². The van der Waals surface area contributed by atoms with Gasteiger partial charge in [-0.15, -0.1) is 0 Å². The number of benzene rings is 1. The van der Waals surface area contributed by atoms with Crippen LogP contribution in [0.25, 0.3) is 0 Å². The lowest BCUT2D eigenvalue weighted by Crippen LogP contribution is -1.99. The van der Waals surface area contributed by atoms with Crippen LogP contribution in [0, 0.1) is 0 Å². The fourth-order valence-electron chi connectivity index (χ4n) is 3.01. The van der Waals surface area contributed by atoms with Crippen LogP contribution in [0.2, 0.25) is 0 Å². The smallest absolute Gasteiger partial charge is 0.0790 e. The van der Waals surface area contributed by atoms with E-state index in [1.807, 2.05) is 0 Å². The van der Waals surface area contributed by atoms with Gasteiger partial charge in [-0.25, -0.2) is 0 Å². The Morgan fingerprint density at radius 3 is 2.53 bits per heavy atom. The van der Waals surface area contributed by atoms with E-state index in [0.717, 1.165) is 18.4 Å². The number of hydrogen-bond acceptors (Lipinski definition) is 2. The zero-order valence-electron chi connectivity index (χ0n) is 11.9. The van der Waals surface area contributed by atoms with E-state index < -0.39 is 0 Å². The highest BCUT2D eigenvalue weighted by molar-refractivity contribution is 7.80. The predicted octanol–water partition coefficient (Wildman–Crippen LogP) is 4.87. The SMILES string of the molecule is CCCCCC(O)c1ccc(C2CCC(S)C2)cc1. The molecular weight excluding hydrogens is 252 g/mol. The summed E-state index contributed by atoms with van der Waals surface area (Å²) in [6.07, 6.45) is 7.81. The van der Waals surface area contributed by atoms with Crippen molar-refractivity contribution >= 4 is 12.6 Å². The molecule has 1 aromatic rings. The maximum atomic E-state index is 10.1. The molecule has 1 N–H and O–H groups in total. The Kier molecular flexibility index (Phi) is 5.77. The summed E-state index contributed by atoms with van der Waals surface area (Å²) in [6, 6.07) is 8.62. The van der Waals surface area contributed by atoms with Gasteiger partial charge in [0, 0.05) is 5.25 Å². The van der Waals surface area contributed by atoms with E-state index in [2.05, 4.69) is 43.8 Å². The van der Waals surface area contributed by atoms with Gasteiger partial charge in [-0.3, -0.25) is 0 Å². The van der Waals surface area contributed by atoms with E-state index in [9.17, 15) is 5.11 Å². The molecule has 1 aromatic carbocycles. The van der Waals surface area contributed by atoms with Gasteiger partial charge in [-0.2, -0.15) is 12.6 Å². The molecule has 0 amide bonds. The first kappa shape index (κ1) is 14.9. The standard InChI is InChI=1S/C17H26OS/c1-2-3-4-5-17(18)14-8-6-13(7-9-14)15-10-11-16(19)12-15/h6-9,15-19H,2-5,10-12H2,1H3. The topological polar surface area (TPSA) is 20.2 Å². The molecule has 1 nitrogen and oxygen atoms in total. The van der Waals surface area contributed by atoms with Crippen molar-refractivity contribution in [1.29, 1.82) is 0 Å². The van der Waals surface area contributed by atoms with Crippen molar-refractivity contribution in [2.45, 2.75) is 69.1 Å². The van der Waals surface area contributed by atoms with E-state index in [1.54, 1.807) is 0 Å². The quantitative estimate of drug-likeness (QED) is 0.562. The highest BCUT2D eigenvalue weighted by Gasteiger charge is 2.23. The second-order valence-corrected chi connectivity index (χ2v) is 6.57. The summed E-state index contributed by atoms with van der Waals surface area (Å²) in [7, 11) is 0. The Morgan fingerprint density at radius 2 is 1.95 bits per heavy atom. The minimum atomic E-state index is -0.290. The minimum Gasteiger partial charge on any atom is -0.388 e. The molecule has 0 aliphatic heterocycles. The maximum Gasteiger partial charge on any atom is 0.0790 e. The van der Waals surface area contributed by atoms with Gasteiger partial charge in [0.1, 0.15) is 0 Å². The van der Waals surface area contributed by atoms with Crippen LogP contribution in [-0.4, -0.2) is 10.4 Å². The van der Waals surface area contributed by atoms with Crippen molar-refractivity contribution in [3.8, 4) is 0 Å². The molecule has 3 atom stereocenters. The third kappa shape index (κ3) is 4.25. The first-order chi connectivity index (χ1) is 9.20. The molecule has 2 heteroatoms. The van der Waals surface area contributed by atoms with Crippen molar-refractivity contribution in [2.24, 2.45) is 0 Å². The van der Waals surface area contributed by atoms with E-state index in [1.165, 1.54) is 37.7 Å². The molecule has 0 aromatic heterocycles. The summed E-state index contributed by atoms with van der Waals surface area (Å²) in [5.74, 6) is 0.675. The third-order valence-electron chi connectivity index (χ3n) is 4.28. The van der Waals surface area contributed by atoms with Crippen LogP contribution >= 0.6 is 12.6 Å². The van der Waals surface area contributed by atoms with Crippen LogP contribution in [-0.2, 0) is 0 Å². The molecule has 1 fully saturated rings. The van der Waals surface area contributed by atoms with Crippen molar-refractivity contribution < 1.29 is 5.11 Å². The first-order valence-electron chi connectivity index (χ1n) is 7.66. The van der Waals surface area contributed by atoms with Crippen LogP contribution in [0.1, 0.15) is 75.0 Å². The molecule has 3 unspecified atom stereocenters. The predicted molar refractivity (Wildman–Crippen MR) is 84.9 cm³/mol. The lowest BCUT2D eigenvalue weighted by atomic mass is 9.95. The van der Waals surface area contributed by atoms with Gasteiger partial charge < -0.3 is 5.11 Å². The second kappa shape index (κ2) is 7.35. The molecule has 0 saturated heterocycles. The molecule has 1 aliphatic carbocycles. The number of unbranched alkanes of at least 4 members (excludes halogenated alkanes) is 2. The van der Waals surface area contributed by atoms with Crippen molar-refractivity contribution in [3.05, 3.63) is 35.4 Å². The average Bonchev–Trinajstić information content (AvgIpc) is 2.86. The fourth-order valence-corrected chi connectivity index (χ4v) is 3.41. The second-order valence-electron chi connectivity index (χ2n) is 5.84. The summed E-state index contributed by atoms with van der Waals surface area (Å²) in [4.78, 5) is 0. The van der Waals surface area contributed by atoms with Crippen LogP contribution < -0.4 is 0 Å². The molecule has 106 valence electrons. The van der Waals surface area contributed by atoms with E-state index in [-0.39, 0.29) is 6.10 Å². The van der Waals surface area contributed by atoms with Gasteiger partial charge in [-0.05, 0) is 42.7 Å². The summed E-state index contributed by atoms with van der Waals surface area (Å²) >= 11 is 4.56. The normalized spacial score (nSPS) is 24.6. The first-order valence-corrected chi connectivity index (χ1v) is 8.18. The Hall–Kier alpha value is -0.470. The van der Waals surface area contributed by atoms with Crippen LogP contribution in [0.15, 0.2) is 24.3 Å². The molecule has 0 spiro atoms. The molecule has 0 radical (unpaired) electrons. The van der Waals surface area contributed by atoms with Crippen molar-refractivity contribution in [3.63, 3.8) is 0 Å². The van der Waals surface area contributed by atoms with Crippen LogP contribution in [0.4, 0.5) is 0 Å². The molecule has 19 heavy (non-hydrogen) atoms. The monoisotopic (exact) mass is 278 g/mol. The zero-order valence-corrected chi connectivity index (χ0v) is 12.8. The number of aliphatic hydroxyl groups is 1. The van der Waals surface area contributed by atoms with Crippen LogP contribution in [0.5, 0.6) is 0 Å². The van der Waals surface area contributed by atoms with E-state index in [4.69, 9.17) is 0 Å². The highest BCUT2D eigenvalue weighted by Crippen LogP contribution is 2.37. The molecular formula is C17H26OS. The summed E-state index contributed by atoms with van der Waals surface area (Å²) in [6.45, 7) is 2.19. The van der Waals surface area contributed by atoms with E-state index in [0.29, 0.717) is 11.2 Å². The highest BCUT2D eigenvalue weighted by atomic mass is 32.1. The van der Waals surface area contributed by atoms with Gasteiger partial charge in [0.2, 0.25) is 0 Å². The number of hydrogen-bond donors (Lipinski definition) is 2. The summed E-state index contributed by atoms with van der Waals surface area (Å²) in [5.41, 5.74) is 2.49. The average molecular weight is 278 g/mol. The Morgan fingerprint density at radius 1 is 1.21 bits per heavy atom. The maximum absolute atomic E-state index is 10.1. The molecule has 2 rings (SSSR count). The van der Waals surface area contributed by atoms with Gasteiger partial charge in [0.15, 0.2) is 0 Å². The number of thiol groups is 1. The summed E-state index contributed by atoms with van der Waals surface area (Å²) in [5, 5.41) is 10.7. The van der Waals surface area contributed by atoms with Crippen molar-refractivity contribution in [2.75, 3.05) is 0 Å². The number of aliphatic hydroxyl groups excluding tert-OH is 1. The van der Waals surface area contributed by atoms with Crippen molar-refractivity contribution in [1.82, 2.24) is 0 Å². The minimum absolute atomic E-state index is 0.290. The van der Waals surface area contributed by atoms with E-state index >= 15 is 0 Å².